The van der Waals surface area contributed by atoms with Gasteiger partial charge in [0.25, 0.3) is 0 Å². The van der Waals surface area contributed by atoms with E-state index in [1.54, 1.807) is 0 Å². The van der Waals surface area contributed by atoms with Gasteiger partial charge in [0, 0.05) is 27.8 Å². The van der Waals surface area contributed by atoms with E-state index in [9.17, 15) is 0 Å². The number of fused-ring (bicyclic) bond motifs is 9. The fraction of sp³-hybridized carbons (Fsp3) is 0.0208. The summed E-state index contributed by atoms with van der Waals surface area (Å²) in [7, 11) is 0. The Morgan fingerprint density at radius 2 is 0.981 bits per heavy atom. The maximum atomic E-state index is 7.45. The number of hydrogen-bond donors (Lipinski definition) is 0. The van der Waals surface area contributed by atoms with E-state index in [4.69, 9.17) is 21.3 Å². The lowest BCUT2D eigenvalue weighted by atomic mass is 9.65. The van der Waals surface area contributed by atoms with Crippen LogP contribution in [0, 0.1) is 6.57 Å². The van der Waals surface area contributed by atoms with Crippen molar-refractivity contribution in [2.24, 2.45) is 0 Å². The smallest absolute Gasteiger partial charge is 0.187 e. The van der Waals surface area contributed by atoms with Crippen LogP contribution in [0.2, 0.25) is 0 Å². The third-order valence-electron chi connectivity index (χ3n) is 10.4. The Morgan fingerprint density at radius 1 is 0.423 bits per heavy atom. The predicted molar refractivity (Wildman–Crippen MR) is 207 cm³/mol. The first-order valence-electron chi connectivity index (χ1n) is 17.4. The third kappa shape index (κ3) is 4.54. The van der Waals surface area contributed by atoms with Gasteiger partial charge in [0.05, 0.1) is 23.4 Å². The molecule has 0 saturated heterocycles. The SMILES string of the molecule is [C-]#[N+]c1ccc(-c2ccc3c(c2)C2(c4ccccc4O3)c3ccccc3-c3ccc(-c4nc(-c5ccccc5)cc(-c5ccccc5)n4)cc32)cc1. The monoisotopic (exact) mass is 663 g/mol. The average molecular weight is 664 g/mol. The third-order valence-corrected chi connectivity index (χ3v) is 10.4. The summed E-state index contributed by atoms with van der Waals surface area (Å²) in [5.74, 6) is 2.33. The normalized spacial score (nSPS) is 14.8. The summed E-state index contributed by atoms with van der Waals surface area (Å²) in [6.07, 6.45) is 0. The van der Waals surface area contributed by atoms with E-state index in [1.807, 2.05) is 66.7 Å². The number of benzene rings is 7. The average Bonchev–Trinajstić information content (AvgIpc) is 3.51. The van der Waals surface area contributed by atoms with Crippen molar-refractivity contribution in [2.45, 2.75) is 5.41 Å². The second-order valence-corrected chi connectivity index (χ2v) is 13.2. The van der Waals surface area contributed by atoms with E-state index >= 15 is 0 Å². The second-order valence-electron chi connectivity index (χ2n) is 13.2. The minimum atomic E-state index is -0.669. The van der Waals surface area contributed by atoms with Crippen LogP contribution in [0.4, 0.5) is 5.69 Å². The van der Waals surface area contributed by atoms with Gasteiger partial charge in [0.1, 0.15) is 11.5 Å². The Hall–Kier alpha value is -7.09. The first-order chi connectivity index (χ1) is 25.7. The van der Waals surface area contributed by atoms with Gasteiger partial charge in [0.2, 0.25) is 0 Å². The van der Waals surface area contributed by atoms with Crippen molar-refractivity contribution in [1.82, 2.24) is 9.97 Å². The predicted octanol–water partition coefficient (Wildman–Crippen LogP) is 12.2. The number of rotatable bonds is 4. The Balaban J connectivity index is 1.24. The topological polar surface area (TPSA) is 39.4 Å². The van der Waals surface area contributed by atoms with Crippen molar-refractivity contribution >= 4 is 5.69 Å². The van der Waals surface area contributed by atoms with E-state index < -0.39 is 5.41 Å². The molecular weight excluding hydrogens is 635 g/mol. The van der Waals surface area contributed by atoms with Crippen molar-refractivity contribution < 1.29 is 4.74 Å². The Kier molecular flexibility index (Phi) is 6.74. The van der Waals surface area contributed by atoms with Crippen molar-refractivity contribution in [3.8, 4) is 67.7 Å². The minimum absolute atomic E-state index is 0.621. The van der Waals surface area contributed by atoms with Crippen LogP contribution in [0.3, 0.4) is 0 Å². The molecular formula is C48H29N3O. The standard InChI is InChI=1S/C48H29N3O/c1-49-36-24-20-31(21-25-36)34-23-27-46-42(28-34)48(40-18-10-11-19-45(40)52-46)39-17-9-8-16-37(39)38-26-22-35(29-41(38)48)47-50-43(32-12-4-2-5-13-32)30-44(51-47)33-14-6-3-7-15-33/h2-30H. The van der Waals surface area contributed by atoms with Crippen LogP contribution in [-0.4, -0.2) is 9.97 Å². The highest BCUT2D eigenvalue weighted by molar-refractivity contribution is 5.91. The summed E-state index contributed by atoms with van der Waals surface area (Å²) in [5, 5.41) is 0. The largest absolute Gasteiger partial charge is 0.457 e. The number of hydrogen-bond acceptors (Lipinski definition) is 3. The van der Waals surface area contributed by atoms with Gasteiger partial charge in [-0.2, -0.15) is 0 Å². The van der Waals surface area contributed by atoms with Gasteiger partial charge in [-0.05, 0) is 63.7 Å². The van der Waals surface area contributed by atoms with Crippen LogP contribution >= 0.6 is 0 Å². The summed E-state index contributed by atoms with van der Waals surface area (Å²) < 4.78 is 6.70. The molecule has 4 nitrogen and oxygen atoms in total. The zero-order valence-corrected chi connectivity index (χ0v) is 28.0. The van der Waals surface area contributed by atoms with E-state index in [-0.39, 0.29) is 0 Å². The van der Waals surface area contributed by atoms with Gasteiger partial charge in [0.15, 0.2) is 11.5 Å². The molecule has 2 aliphatic rings. The zero-order chi connectivity index (χ0) is 34.6. The highest BCUT2D eigenvalue weighted by Gasteiger charge is 2.51. The molecule has 1 aliphatic carbocycles. The fourth-order valence-corrected chi connectivity index (χ4v) is 8.04. The number of nitrogens with zero attached hydrogens (tertiary/aromatic N) is 3. The Labute approximate surface area is 302 Å². The van der Waals surface area contributed by atoms with Crippen molar-refractivity contribution in [3.63, 3.8) is 0 Å². The minimum Gasteiger partial charge on any atom is -0.457 e. The molecule has 4 heteroatoms. The van der Waals surface area contributed by atoms with E-state index in [1.165, 1.54) is 22.3 Å². The van der Waals surface area contributed by atoms with Crippen LogP contribution in [0.5, 0.6) is 11.5 Å². The molecule has 242 valence electrons. The van der Waals surface area contributed by atoms with Crippen LogP contribution in [0.25, 0.3) is 61.0 Å². The maximum Gasteiger partial charge on any atom is 0.187 e. The van der Waals surface area contributed by atoms with Crippen LogP contribution < -0.4 is 4.74 Å². The van der Waals surface area contributed by atoms with Gasteiger partial charge >= 0.3 is 0 Å². The molecule has 1 aliphatic heterocycles. The van der Waals surface area contributed by atoms with Crippen molar-refractivity contribution in [3.05, 3.63) is 210 Å². The first kappa shape index (κ1) is 29.8. The number of aromatic nitrogens is 2. The molecule has 0 N–H and O–H groups in total. The maximum absolute atomic E-state index is 7.45. The fourth-order valence-electron chi connectivity index (χ4n) is 8.04. The second kappa shape index (κ2) is 11.8. The lowest BCUT2D eigenvalue weighted by Crippen LogP contribution is -2.32. The Bertz CT molecular complexity index is 2660. The van der Waals surface area contributed by atoms with Gasteiger partial charge in [-0.15, -0.1) is 0 Å². The van der Waals surface area contributed by atoms with Gasteiger partial charge in [-0.25, -0.2) is 14.8 Å². The summed E-state index contributed by atoms with van der Waals surface area (Å²) in [6, 6.07) is 60.8. The Morgan fingerprint density at radius 3 is 1.69 bits per heavy atom. The van der Waals surface area contributed by atoms with Gasteiger partial charge in [-0.1, -0.05) is 146 Å². The molecule has 0 fully saturated rings. The molecule has 1 spiro atoms. The van der Waals surface area contributed by atoms with Crippen LogP contribution in [0.1, 0.15) is 22.3 Å². The number of ether oxygens (including phenoxy) is 1. The molecule has 10 rings (SSSR count). The molecule has 7 aromatic carbocycles. The molecule has 8 aromatic rings. The van der Waals surface area contributed by atoms with Gasteiger partial charge < -0.3 is 4.74 Å². The molecule has 52 heavy (non-hydrogen) atoms. The number of para-hydroxylation sites is 1. The molecule has 1 unspecified atom stereocenters. The molecule has 2 heterocycles. The molecule has 0 radical (unpaired) electrons. The lowest BCUT2D eigenvalue weighted by Gasteiger charge is -2.39. The molecule has 0 amide bonds. The lowest BCUT2D eigenvalue weighted by molar-refractivity contribution is 0.436. The summed E-state index contributed by atoms with van der Waals surface area (Å²) in [6.45, 7) is 7.45. The van der Waals surface area contributed by atoms with E-state index in [0.29, 0.717) is 11.5 Å². The highest BCUT2D eigenvalue weighted by Crippen LogP contribution is 2.62. The molecule has 0 saturated carbocycles. The summed E-state index contributed by atoms with van der Waals surface area (Å²) in [4.78, 5) is 14.0. The van der Waals surface area contributed by atoms with Crippen LogP contribution in [0.15, 0.2) is 176 Å². The van der Waals surface area contributed by atoms with E-state index in [0.717, 1.165) is 61.8 Å². The highest BCUT2D eigenvalue weighted by atomic mass is 16.5. The van der Waals surface area contributed by atoms with Crippen LogP contribution in [-0.2, 0) is 5.41 Å². The zero-order valence-electron chi connectivity index (χ0n) is 28.0. The molecule has 1 atom stereocenters. The quantitative estimate of drug-likeness (QED) is 0.176. The first-order valence-corrected chi connectivity index (χ1v) is 17.4. The van der Waals surface area contributed by atoms with Crippen molar-refractivity contribution in [2.75, 3.05) is 0 Å². The molecule has 0 bridgehead atoms. The van der Waals surface area contributed by atoms with Gasteiger partial charge in [-0.3, -0.25) is 0 Å². The molecule has 1 aromatic heterocycles. The van der Waals surface area contributed by atoms with Crippen molar-refractivity contribution in [1.29, 1.82) is 0 Å². The summed E-state index contributed by atoms with van der Waals surface area (Å²) in [5.41, 5.74) is 13.7. The van der Waals surface area contributed by atoms with E-state index in [2.05, 4.69) is 114 Å². The summed E-state index contributed by atoms with van der Waals surface area (Å²) >= 11 is 0.